The van der Waals surface area contributed by atoms with Crippen LogP contribution in [0, 0.1) is 0 Å². The molecule has 0 bridgehead atoms. The van der Waals surface area contributed by atoms with Crippen LogP contribution in [0.4, 0.5) is 26.3 Å². The van der Waals surface area contributed by atoms with Gasteiger partial charge < -0.3 is 14.2 Å². The highest BCUT2D eigenvalue weighted by Crippen LogP contribution is 2.40. The second kappa shape index (κ2) is 8.98. The summed E-state index contributed by atoms with van der Waals surface area (Å²) in [4.78, 5) is 7.75. The van der Waals surface area contributed by atoms with Gasteiger partial charge in [0.1, 0.15) is 23.0 Å². The van der Waals surface area contributed by atoms with Crippen LogP contribution in [0.5, 0.6) is 5.75 Å². The number of aromatic amines is 1. The molecule has 7 nitrogen and oxygen atoms in total. The van der Waals surface area contributed by atoms with Crippen molar-refractivity contribution >= 4 is 6.21 Å². The number of fused-ring (bicyclic) bond motifs is 1. The first-order chi connectivity index (χ1) is 17.5. The molecule has 0 amide bonds. The second-order valence-corrected chi connectivity index (χ2v) is 8.18. The molecule has 0 saturated carbocycles. The predicted octanol–water partition coefficient (Wildman–Crippen LogP) is 6.13. The normalized spacial score (nSPS) is 13.6. The number of aromatic nitrogens is 3. The van der Waals surface area contributed by atoms with Gasteiger partial charge in [0.2, 0.25) is 0 Å². The first-order valence-electron chi connectivity index (χ1n) is 10.8. The number of hydrogen-bond acceptors (Lipinski definition) is 6. The van der Waals surface area contributed by atoms with Gasteiger partial charge in [-0.05, 0) is 36.4 Å². The van der Waals surface area contributed by atoms with Gasteiger partial charge in [-0.15, -0.1) is 0 Å². The average molecular weight is 521 g/mol. The Morgan fingerprint density at radius 3 is 2.43 bits per heavy atom. The van der Waals surface area contributed by atoms with Crippen molar-refractivity contribution in [3.05, 3.63) is 76.8 Å². The Hall–Kier alpha value is -4.29. The molecule has 1 N–H and O–H groups in total. The Balaban J connectivity index is 1.34. The fraction of sp³-hybridized carbons (Fsp3) is 0.208. The second-order valence-electron chi connectivity index (χ2n) is 8.18. The third kappa shape index (κ3) is 5.01. The molecule has 0 unspecified atom stereocenters. The molecule has 1 aliphatic heterocycles. The molecule has 4 aromatic rings. The van der Waals surface area contributed by atoms with Crippen molar-refractivity contribution in [1.82, 2.24) is 20.1 Å². The van der Waals surface area contributed by atoms with E-state index in [1.54, 1.807) is 24.3 Å². The van der Waals surface area contributed by atoms with Gasteiger partial charge in [0.15, 0.2) is 5.76 Å². The van der Waals surface area contributed by atoms with Crippen LogP contribution >= 0.6 is 0 Å². The van der Waals surface area contributed by atoms with Crippen molar-refractivity contribution in [1.29, 1.82) is 0 Å². The highest BCUT2D eigenvalue weighted by Gasteiger charge is 2.39. The van der Waals surface area contributed by atoms with Crippen LogP contribution in [-0.4, -0.2) is 33.5 Å². The molecular weight excluding hydrogens is 504 g/mol. The van der Waals surface area contributed by atoms with Crippen LogP contribution in [0.25, 0.3) is 22.6 Å². The molecule has 1 aliphatic rings. The molecule has 0 radical (unpaired) electrons. The number of benzene rings is 2. The first-order valence-corrected chi connectivity index (χ1v) is 10.8. The molecule has 13 heteroatoms. The number of hydrazone groups is 1. The van der Waals surface area contributed by atoms with E-state index in [2.05, 4.69) is 20.2 Å². The third-order valence-corrected chi connectivity index (χ3v) is 5.68. The van der Waals surface area contributed by atoms with E-state index in [1.807, 2.05) is 12.1 Å². The maximum atomic E-state index is 13.5. The molecule has 2 aromatic heterocycles. The van der Waals surface area contributed by atoms with Crippen LogP contribution in [0.1, 0.15) is 28.3 Å². The van der Waals surface area contributed by atoms with E-state index < -0.39 is 29.0 Å². The van der Waals surface area contributed by atoms with Crippen molar-refractivity contribution in [2.75, 3.05) is 7.11 Å². The van der Waals surface area contributed by atoms with Gasteiger partial charge in [-0.2, -0.15) is 31.4 Å². The quantitative estimate of drug-likeness (QED) is 0.320. The standard InChI is InChI=1S/C24H17F6N5O2/c1-36-15-5-2-13(3-6-15)22-32-20-10-31-35(12-21(20)33-22)11-16-9-19(34-37-16)17-7-4-14(23(25,26)27)8-18(17)24(28,29)30/h2-10H,11-12H2,1H3,(H,32,33). The van der Waals surface area contributed by atoms with Crippen molar-refractivity contribution in [3.63, 3.8) is 0 Å². The van der Waals surface area contributed by atoms with Gasteiger partial charge in [-0.3, -0.25) is 5.01 Å². The van der Waals surface area contributed by atoms with Crippen LogP contribution in [0.2, 0.25) is 0 Å². The molecule has 2 aromatic carbocycles. The summed E-state index contributed by atoms with van der Waals surface area (Å²) in [6.07, 6.45) is -8.40. The van der Waals surface area contributed by atoms with E-state index in [9.17, 15) is 26.3 Å². The Morgan fingerprint density at radius 2 is 1.76 bits per heavy atom. The molecule has 5 rings (SSSR count). The molecule has 0 spiro atoms. The number of alkyl halides is 6. The van der Waals surface area contributed by atoms with Gasteiger partial charge >= 0.3 is 12.4 Å². The Morgan fingerprint density at radius 1 is 1.00 bits per heavy atom. The topological polar surface area (TPSA) is 79.5 Å². The minimum Gasteiger partial charge on any atom is -0.497 e. The largest absolute Gasteiger partial charge is 0.497 e. The number of imidazole rings is 1. The molecule has 0 aliphatic carbocycles. The monoisotopic (exact) mass is 521 g/mol. The summed E-state index contributed by atoms with van der Waals surface area (Å²) >= 11 is 0. The number of hydrogen-bond donors (Lipinski definition) is 1. The zero-order chi connectivity index (χ0) is 26.4. The maximum absolute atomic E-state index is 13.5. The van der Waals surface area contributed by atoms with E-state index in [0.717, 1.165) is 17.3 Å². The Kier molecular flexibility index (Phi) is 5.92. The number of halogens is 6. The summed E-state index contributed by atoms with van der Waals surface area (Å²) in [7, 11) is 1.57. The van der Waals surface area contributed by atoms with Crippen molar-refractivity contribution in [3.8, 4) is 28.4 Å². The number of ether oxygens (including phenoxy) is 1. The number of methoxy groups -OCH3 is 1. The molecule has 0 saturated heterocycles. The number of H-pyrrole nitrogens is 1. The minimum absolute atomic E-state index is 0.0574. The highest BCUT2D eigenvalue weighted by atomic mass is 19.4. The van der Waals surface area contributed by atoms with Gasteiger partial charge in [0.25, 0.3) is 0 Å². The summed E-state index contributed by atoms with van der Waals surface area (Å²) < 4.78 is 89.8. The summed E-state index contributed by atoms with van der Waals surface area (Å²) in [5.74, 6) is 1.52. The molecular formula is C24H17F6N5O2. The first kappa shape index (κ1) is 24.4. The summed E-state index contributed by atoms with van der Waals surface area (Å²) in [5, 5.41) is 9.53. The van der Waals surface area contributed by atoms with Crippen molar-refractivity contribution < 1.29 is 35.6 Å². The van der Waals surface area contributed by atoms with E-state index in [4.69, 9.17) is 9.26 Å². The van der Waals surface area contributed by atoms with Crippen LogP contribution in [0.15, 0.2) is 58.2 Å². The highest BCUT2D eigenvalue weighted by molar-refractivity contribution is 5.80. The lowest BCUT2D eigenvalue weighted by Crippen LogP contribution is -2.21. The lowest BCUT2D eigenvalue weighted by molar-refractivity contribution is -0.142. The van der Waals surface area contributed by atoms with Crippen molar-refractivity contribution in [2.24, 2.45) is 5.10 Å². The number of rotatable bonds is 5. The van der Waals surface area contributed by atoms with Gasteiger partial charge in [0, 0.05) is 17.2 Å². The third-order valence-electron chi connectivity index (χ3n) is 5.68. The Labute approximate surface area is 205 Å². The minimum atomic E-state index is -5.02. The smallest absolute Gasteiger partial charge is 0.417 e. The van der Waals surface area contributed by atoms with E-state index in [0.29, 0.717) is 29.9 Å². The van der Waals surface area contributed by atoms with E-state index >= 15 is 0 Å². The summed E-state index contributed by atoms with van der Waals surface area (Å²) in [5.41, 5.74) is -1.36. The average Bonchev–Trinajstić information content (AvgIpc) is 3.49. The summed E-state index contributed by atoms with van der Waals surface area (Å²) in [6.45, 7) is 0.362. The van der Waals surface area contributed by atoms with E-state index in [1.165, 1.54) is 12.3 Å². The predicted molar refractivity (Wildman–Crippen MR) is 119 cm³/mol. The zero-order valence-corrected chi connectivity index (χ0v) is 19.0. The van der Waals surface area contributed by atoms with Crippen LogP contribution < -0.4 is 4.74 Å². The van der Waals surface area contributed by atoms with Gasteiger partial charge in [-0.1, -0.05) is 11.2 Å². The van der Waals surface area contributed by atoms with Crippen LogP contribution in [0.3, 0.4) is 0 Å². The van der Waals surface area contributed by atoms with E-state index in [-0.39, 0.29) is 24.1 Å². The summed E-state index contributed by atoms with van der Waals surface area (Å²) in [6, 6.07) is 9.95. The lowest BCUT2D eigenvalue weighted by atomic mass is 10.0. The molecule has 0 fully saturated rings. The van der Waals surface area contributed by atoms with Gasteiger partial charge in [0.05, 0.1) is 43.2 Å². The number of nitrogens with one attached hydrogen (secondary N) is 1. The fourth-order valence-corrected chi connectivity index (χ4v) is 3.86. The lowest BCUT2D eigenvalue weighted by Gasteiger charge is -2.19. The van der Waals surface area contributed by atoms with Crippen molar-refractivity contribution in [2.45, 2.75) is 25.4 Å². The van der Waals surface area contributed by atoms with Crippen LogP contribution in [-0.2, 0) is 25.4 Å². The molecule has 37 heavy (non-hydrogen) atoms. The SMILES string of the molecule is COc1ccc(-c2nc3c([nH]2)CN(Cc2cc(-c4ccc(C(F)(F)F)cc4C(F)(F)F)no2)N=C3)cc1. The zero-order valence-electron chi connectivity index (χ0n) is 19.0. The fourth-order valence-electron chi connectivity index (χ4n) is 3.86. The maximum Gasteiger partial charge on any atom is 0.417 e. The molecule has 3 heterocycles. The Bertz CT molecular complexity index is 1450. The molecule has 0 atom stereocenters. The number of nitrogens with zero attached hydrogens (tertiary/aromatic N) is 4. The molecule has 192 valence electrons. The van der Waals surface area contributed by atoms with Gasteiger partial charge in [-0.25, -0.2) is 4.98 Å².